The Morgan fingerprint density at radius 2 is 1.88 bits per heavy atom. The predicted molar refractivity (Wildman–Crippen MR) is 103 cm³/mol. The van der Waals surface area contributed by atoms with Crippen LogP contribution in [0.2, 0.25) is 0 Å². The number of carbonyl (C=O) groups excluding carboxylic acids is 2. The molecule has 2 rings (SSSR count). The van der Waals surface area contributed by atoms with Gasteiger partial charge in [0.1, 0.15) is 0 Å². The number of anilines is 2. The molecule has 1 aromatic carbocycles. The molecule has 0 saturated carbocycles. The molecule has 6 nitrogen and oxygen atoms in total. The molecule has 2 N–H and O–H groups in total. The number of carbonyl (C=O) groups is 2. The summed E-state index contributed by atoms with van der Waals surface area (Å²) in [4.78, 5) is 23.8. The van der Waals surface area contributed by atoms with Crippen molar-refractivity contribution in [3.8, 4) is 0 Å². The summed E-state index contributed by atoms with van der Waals surface area (Å²) in [5, 5.41) is 14.6. The molecule has 0 radical (unpaired) electrons. The molecule has 0 spiro atoms. The number of thioether (sulfide) groups is 1. The molecule has 25 heavy (non-hydrogen) atoms. The Balaban J connectivity index is 1.93. The lowest BCUT2D eigenvalue weighted by Crippen LogP contribution is -2.13. The molecule has 8 heteroatoms. The zero-order chi connectivity index (χ0) is 18.2. The van der Waals surface area contributed by atoms with Crippen LogP contribution in [0.1, 0.15) is 50.4 Å². The quantitative estimate of drug-likeness (QED) is 0.525. The zero-order valence-electron chi connectivity index (χ0n) is 14.5. The topological polar surface area (TPSA) is 84.0 Å². The van der Waals surface area contributed by atoms with Crippen molar-refractivity contribution in [3.63, 3.8) is 0 Å². The second-order valence-electron chi connectivity index (χ2n) is 5.54. The Morgan fingerprint density at radius 1 is 1.16 bits per heavy atom. The van der Waals surface area contributed by atoms with Crippen molar-refractivity contribution in [2.45, 2.75) is 49.6 Å². The summed E-state index contributed by atoms with van der Waals surface area (Å²) in [5.41, 5.74) is 1.18. The van der Waals surface area contributed by atoms with Gasteiger partial charge in [-0.05, 0) is 37.1 Å². The monoisotopic (exact) mass is 378 g/mol. The Morgan fingerprint density at radius 3 is 2.52 bits per heavy atom. The van der Waals surface area contributed by atoms with Gasteiger partial charge in [-0.1, -0.05) is 43.9 Å². The summed E-state index contributed by atoms with van der Waals surface area (Å²) in [6, 6.07) is 6.78. The van der Waals surface area contributed by atoms with Crippen LogP contribution >= 0.6 is 23.1 Å². The van der Waals surface area contributed by atoms with E-state index in [1.807, 2.05) is 6.92 Å². The molecule has 0 fully saturated rings. The van der Waals surface area contributed by atoms with Crippen molar-refractivity contribution < 1.29 is 9.59 Å². The van der Waals surface area contributed by atoms with Gasteiger partial charge in [-0.25, -0.2) is 0 Å². The third-order valence-corrected chi connectivity index (χ3v) is 5.60. The maximum Gasteiger partial charge on any atom is 0.257 e. The minimum absolute atomic E-state index is 0.0279. The summed E-state index contributed by atoms with van der Waals surface area (Å²) in [5.74, 6) is -0.275. The Bertz CT molecular complexity index is 716. The number of nitrogens with one attached hydrogen (secondary N) is 2. The minimum atomic E-state index is -0.248. The molecule has 2 aromatic rings. The normalized spacial score (nSPS) is 11.8. The van der Waals surface area contributed by atoms with E-state index in [4.69, 9.17) is 0 Å². The zero-order valence-corrected chi connectivity index (χ0v) is 16.2. The fourth-order valence-electron chi connectivity index (χ4n) is 1.89. The van der Waals surface area contributed by atoms with E-state index in [1.54, 1.807) is 36.0 Å². The summed E-state index contributed by atoms with van der Waals surface area (Å²) < 4.78 is 0.846. The van der Waals surface area contributed by atoms with Crippen LogP contribution < -0.4 is 10.6 Å². The van der Waals surface area contributed by atoms with Gasteiger partial charge in [0.15, 0.2) is 4.34 Å². The lowest BCUT2D eigenvalue weighted by atomic mass is 10.2. The van der Waals surface area contributed by atoms with Crippen LogP contribution in [0, 0.1) is 0 Å². The van der Waals surface area contributed by atoms with Crippen LogP contribution in [0.4, 0.5) is 10.8 Å². The van der Waals surface area contributed by atoms with E-state index in [0.29, 0.717) is 28.1 Å². The van der Waals surface area contributed by atoms with Crippen LogP contribution in [0.25, 0.3) is 0 Å². The van der Waals surface area contributed by atoms with Crippen LogP contribution in [-0.4, -0.2) is 27.3 Å². The maximum atomic E-state index is 12.3. The lowest BCUT2D eigenvalue weighted by Gasteiger charge is -2.06. The van der Waals surface area contributed by atoms with E-state index < -0.39 is 0 Å². The summed E-state index contributed by atoms with van der Waals surface area (Å²) >= 11 is 3.02. The van der Waals surface area contributed by atoms with Crippen molar-refractivity contribution in [3.05, 3.63) is 29.8 Å². The number of hydrogen-bond donors (Lipinski definition) is 2. The van der Waals surface area contributed by atoms with Crippen LogP contribution in [0.5, 0.6) is 0 Å². The molecule has 0 saturated heterocycles. The third kappa shape index (κ3) is 6.13. The van der Waals surface area contributed by atoms with Crippen molar-refractivity contribution in [2.75, 3.05) is 10.6 Å². The number of benzene rings is 1. The van der Waals surface area contributed by atoms with E-state index in [0.717, 1.165) is 17.2 Å². The molecule has 2 amide bonds. The van der Waals surface area contributed by atoms with Gasteiger partial charge in [-0.3, -0.25) is 14.9 Å². The molecule has 0 aliphatic rings. The number of nitrogens with zero attached hydrogens (tertiary/aromatic N) is 2. The van der Waals surface area contributed by atoms with E-state index in [2.05, 4.69) is 34.7 Å². The molecule has 0 aliphatic heterocycles. The Labute approximate surface area is 155 Å². The van der Waals surface area contributed by atoms with E-state index >= 15 is 0 Å². The lowest BCUT2D eigenvalue weighted by molar-refractivity contribution is -0.116. The fraction of sp³-hybridized carbons (Fsp3) is 0.412. The van der Waals surface area contributed by atoms with Gasteiger partial charge in [0, 0.05) is 22.9 Å². The maximum absolute atomic E-state index is 12.3. The SMILES string of the molecule is CCCC(=O)Nc1ccc(C(=O)Nc2nnc(SC(C)CC)s2)cc1. The summed E-state index contributed by atoms with van der Waals surface area (Å²) in [7, 11) is 0. The van der Waals surface area contributed by atoms with Crippen molar-refractivity contribution in [2.24, 2.45) is 0 Å². The number of amides is 2. The molecular weight excluding hydrogens is 356 g/mol. The van der Waals surface area contributed by atoms with Gasteiger partial charge >= 0.3 is 0 Å². The molecule has 134 valence electrons. The first-order chi connectivity index (χ1) is 12.0. The minimum Gasteiger partial charge on any atom is -0.326 e. The van der Waals surface area contributed by atoms with Gasteiger partial charge in [0.2, 0.25) is 11.0 Å². The van der Waals surface area contributed by atoms with Crippen molar-refractivity contribution in [1.82, 2.24) is 10.2 Å². The van der Waals surface area contributed by atoms with E-state index in [9.17, 15) is 9.59 Å². The fourth-order valence-corrected chi connectivity index (χ4v) is 3.88. The van der Waals surface area contributed by atoms with Gasteiger partial charge in [0.25, 0.3) is 5.91 Å². The molecule has 1 aromatic heterocycles. The van der Waals surface area contributed by atoms with Crippen LogP contribution in [0.3, 0.4) is 0 Å². The number of hydrogen-bond acceptors (Lipinski definition) is 6. The average Bonchev–Trinajstić information content (AvgIpc) is 3.02. The smallest absolute Gasteiger partial charge is 0.257 e. The van der Waals surface area contributed by atoms with Crippen LogP contribution in [0.15, 0.2) is 28.6 Å². The third-order valence-electron chi connectivity index (χ3n) is 3.41. The molecular formula is C17H22N4O2S2. The Kier molecular flexibility index (Phi) is 7.39. The predicted octanol–water partition coefficient (Wildman–Crippen LogP) is 4.42. The van der Waals surface area contributed by atoms with E-state index in [1.165, 1.54) is 11.3 Å². The second-order valence-corrected chi connectivity index (χ2v) is 8.20. The van der Waals surface area contributed by atoms with E-state index in [-0.39, 0.29) is 11.8 Å². The van der Waals surface area contributed by atoms with Gasteiger partial charge in [-0.2, -0.15) is 0 Å². The van der Waals surface area contributed by atoms with Crippen molar-refractivity contribution in [1.29, 1.82) is 0 Å². The average molecular weight is 379 g/mol. The molecule has 0 aliphatic carbocycles. The number of aromatic nitrogens is 2. The largest absolute Gasteiger partial charge is 0.326 e. The molecule has 1 unspecified atom stereocenters. The molecule has 1 atom stereocenters. The summed E-state index contributed by atoms with van der Waals surface area (Å²) in [6.45, 7) is 6.20. The highest BCUT2D eigenvalue weighted by Gasteiger charge is 2.12. The first-order valence-corrected chi connectivity index (χ1v) is 9.92. The second kappa shape index (κ2) is 9.53. The highest BCUT2D eigenvalue weighted by atomic mass is 32.2. The first-order valence-electron chi connectivity index (χ1n) is 8.23. The number of rotatable bonds is 8. The molecule has 1 heterocycles. The first kappa shape index (κ1) is 19.4. The highest BCUT2D eigenvalue weighted by Crippen LogP contribution is 2.30. The highest BCUT2D eigenvalue weighted by molar-refractivity contribution is 8.01. The van der Waals surface area contributed by atoms with Crippen LogP contribution in [-0.2, 0) is 4.79 Å². The van der Waals surface area contributed by atoms with Crippen molar-refractivity contribution >= 4 is 45.7 Å². The van der Waals surface area contributed by atoms with Gasteiger partial charge < -0.3 is 5.32 Å². The standard InChI is InChI=1S/C17H22N4O2S2/c1-4-6-14(22)18-13-9-7-12(8-10-13)15(23)19-16-20-21-17(25-16)24-11(3)5-2/h7-11H,4-6H2,1-3H3,(H,18,22)(H,19,20,23). The van der Waals surface area contributed by atoms with Gasteiger partial charge in [0.05, 0.1) is 0 Å². The summed E-state index contributed by atoms with van der Waals surface area (Å²) in [6.07, 6.45) is 2.33. The molecule has 0 bridgehead atoms. The Hall–Kier alpha value is -1.93. The van der Waals surface area contributed by atoms with Gasteiger partial charge in [-0.15, -0.1) is 10.2 Å².